The smallest absolute Gasteiger partial charge is 0.151 e. The number of hydrogen-bond acceptors (Lipinski definition) is 3. The lowest BCUT2D eigenvalue weighted by molar-refractivity contribution is 0.631. The van der Waals surface area contributed by atoms with E-state index in [2.05, 4.69) is 21.8 Å². The van der Waals surface area contributed by atoms with Crippen LogP contribution in [0.15, 0.2) is 89.6 Å². The molecule has 0 atom stereocenters. The summed E-state index contributed by atoms with van der Waals surface area (Å²) in [6.07, 6.45) is 3.40. The molecule has 3 aromatic carbocycles. The highest BCUT2D eigenvalue weighted by atomic mass is 16.3. The van der Waals surface area contributed by atoms with Gasteiger partial charge in [-0.25, -0.2) is 0 Å². The lowest BCUT2D eigenvalue weighted by atomic mass is 10.0. The molecule has 0 fully saturated rings. The van der Waals surface area contributed by atoms with Gasteiger partial charge in [0.1, 0.15) is 11.1 Å². The highest BCUT2D eigenvalue weighted by Crippen LogP contribution is 2.36. The van der Waals surface area contributed by atoms with Crippen LogP contribution >= 0.6 is 0 Å². The van der Waals surface area contributed by atoms with Crippen molar-refractivity contribution in [3.8, 4) is 23.2 Å². The Bertz CT molecular complexity index is 1310. The van der Waals surface area contributed by atoms with E-state index in [0.29, 0.717) is 0 Å². The first kappa shape index (κ1) is 15.4. The molecule has 2 aromatic heterocycles. The minimum absolute atomic E-state index is 0.757. The van der Waals surface area contributed by atoms with Crippen LogP contribution in [0.4, 0.5) is 0 Å². The second-order valence-electron chi connectivity index (χ2n) is 6.15. The minimum atomic E-state index is 0.757. The SMILES string of the molecule is C(#Cc1c(-c2ccccc2)oc2ccc3nccnc3c12)c1ccccc1. The maximum Gasteiger partial charge on any atom is 0.151 e. The number of hydrogen-bond donors (Lipinski definition) is 0. The van der Waals surface area contributed by atoms with Gasteiger partial charge in [-0.05, 0) is 24.3 Å². The van der Waals surface area contributed by atoms with Crippen LogP contribution in [0.2, 0.25) is 0 Å². The van der Waals surface area contributed by atoms with E-state index < -0.39 is 0 Å². The fourth-order valence-corrected chi connectivity index (χ4v) is 3.19. The van der Waals surface area contributed by atoms with E-state index in [1.54, 1.807) is 12.4 Å². The van der Waals surface area contributed by atoms with Gasteiger partial charge in [0, 0.05) is 23.5 Å². The Morgan fingerprint density at radius 1 is 0.704 bits per heavy atom. The summed E-state index contributed by atoms with van der Waals surface area (Å²) >= 11 is 0. The molecule has 0 aliphatic carbocycles. The summed E-state index contributed by atoms with van der Waals surface area (Å²) in [5.74, 6) is 7.34. The van der Waals surface area contributed by atoms with Gasteiger partial charge < -0.3 is 4.42 Å². The molecule has 3 nitrogen and oxygen atoms in total. The molecule has 0 N–H and O–H groups in total. The Morgan fingerprint density at radius 2 is 1.44 bits per heavy atom. The average molecular weight is 346 g/mol. The number of fused-ring (bicyclic) bond motifs is 3. The third-order valence-electron chi connectivity index (χ3n) is 4.43. The zero-order valence-electron chi connectivity index (χ0n) is 14.4. The van der Waals surface area contributed by atoms with Gasteiger partial charge in [0.2, 0.25) is 0 Å². The molecule has 3 heteroatoms. The molecule has 126 valence electrons. The van der Waals surface area contributed by atoms with Crippen molar-refractivity contribution >= 4 is 22.0 Å². The van der Waals surface area contributed by atoms with Gasteiger partial charge in [-0.3, -0.25) is 9.97 Å². The van der Waals surface area contributed by atoms with Crippen LogP contribution in [0.3, 0.4) is 0 Å². The summed E-state index contributed by atoms with van der Waals surface area (Å²) in [7, 11) is 0. The third kappa shape index (κ3) is 2.74. The van der Waals surface area contributed by atoms with E-state index in [1.807, 2.05) is 72.8 Å². The van der Waals surface area contributed by atoms with Gasteiger partial charge >= 0.3 is 0 Å². The van der Waals surface area contributed by atoms with Gasteiger partial charge in [-0.1, -0.05) is 60.4 Å². The van der Waals surface area contributed by atoms with E-state index in [0.717, 1.165) is 44.5 Å². The summed E-state index contributed by atoms with van der Waals surface area (Å²) in [5.41, 5.74) is 5.18. The van der Waals surface area contributed by atoms with Crippen molar-refractivity contribution < 1.29 is 4.42 Å². The van der Waals surface area contributed by atoms with E-state index in [4.69, 9.17) is 4.42 Å². The Morgan fingerprint density at radius 3 is 2.26 bits per heavy atom. The second kappa shape index (κ2) is 6.44. The topological polar surface area (TPSA) is 38.9 Å². The fraction of sp³-hybridized carbons (Fsp3) is 0. The summed E-state index contributed by atoms with van der Waals surface area (Å²) < 4.78 is 6.21. The zero-order valence-corrected chi connectivity index (χ0v) is 14.4. The Hall–Kier alpha value is -3.90. The molecule has 0 aliphatic heterocycles. The molecular weight excluding hydrogens is 332 g/mol. The van der Waals surface area contributed by atoms with Crippen molar-refractivity contribution in [2.75, 3.05) is 0 Å². The van der Waals surface area contributed by atoms with Crippen LogP contribution in [0, 0.1) is 11.8 Å². The quantitative estimate of drug-likeness (QED) is 0.379. The lowest BCUT2D eigenvalue weighted by Crippen LogP contribution is -1.85. The van der Waals surface area contributed by atoms with Gasteiger partial charge in [0.05, 0.1) is 16.5 Å². The summed E-state index contributed by atoms with van der Waals surface area (Å²) in [5, 5.41) is 0.905. The molecule has 0 radical (unpaired) electrons. The van der Waals surface area contributed by atoms with Crippen molar-refractivity contribution in [2.24, 2.45) is 0 Å². The molecule has 5 aromatic rings. The Labute approximate surface area is 156 Å². The number of nitrogens with zero attached hydrogens (tertiary/aromatic N) is 2. The average Bonchev–Trinajstić information content (AvgIpc) is 3.13. The van der Waals surface area contributed by atoms with Gasteiger partial charge in [0.15, 0.2) is 5.76 Å². The van der Waals surface area contributed by atoms with Crippen LogP contribution in [-0.4, -0.2) is 9.97 Å². The summed E-state index contributed by atoms with van der Waals surface area (Å²) in [4.78, 5) is 8.96. The molecule has 2 heterocycles. The Kier molecular flexibility index (Phi) is 3.66. The molecule has 0 unspecified atom stereocenters. The molecule has 0 saturated carbocycles. The summed E-state index contributed by atoms with van der Waals surface area (Å²) in [6.45, 7) is 0. The predicted molar refractivity (Wildman–Crippen MR) is 107 cm³/mol. The molecule has 27 heavy (non-hydrogen) atoms. The van der Waals surface area contributed by atoms with Crippen LogP contribution < -0.4 is 0 Å². The Balaban J connectivity index is 1.84. The molecule has 0 aliphatic rings. The van der Waals surface area contributed by atoms with Crippen LogP contribution in [0.1, 0.15) is 11.1 Å². The lowest BCUT2D eigenvalue weighted by Gasteiger charge is -1.98. The van der Waals surface area contributed by atoms with Crippen LogP contribution in [0.25, 0.3) is 33.3 Å². The van der Waals surface area contributed by atoms with E-state index in [9.17, 15) is 0 Å². The first-order valence-corrected chi connectivity index (χ1v) is 8.69. The number of benzene rings is 3. The highest BCUT2D eigenvalue weighted by molar-refractivity contribution is 6.07. The first-order chi connectivity index (χ1) is 13.4. The van der Waals surface area contributed by atoms with Gasteiger partial charge in [-0.2, -0.15) is 0 Å². The van der Waals surface area contributed by atoms with Crippen molar-refractivity contribution in [3.05, 3.63) is 96.3 Å². The first-order valence-electron chi connectivity index (χ1n) is 8.69. The minimum Gasteiger partial charge on any atom is -0.455 e. The fourth-order valence-electron chi connectivity index (χ4n) is 3.19. The van der Waals surface area contributed by atoms with Gasteiger partial charge in [0.25, 0.3) is 0 Å². The number of furan rings is 1. The van der Waals surface area contributed by atoms with Crippen LogP contribution in [0.5, 0.6) is 0 Å². The van der Waals surface area contributed by atoms with Gasteiger partial charge in [-0.15, -0.1) is 0 Å². The zero-order chi connectivity index (χ0) is 18.1. The van der Waals surface area contributed by atoms with Crippen molar-refractivity contribution in [3.63, 3.8) is 0 Å². The van der Waals surface area contributed by atoms with Crippen molar-refractivity contribution in [1.29, 1.82) is 0 Å². The maximum atomic E-state index is 6.21. The highest BCUT2D eigenvalue weighted by Gasteiger charge is 2.17. The van der Waals surface area contributed by atoms with E-state index in [-0.39, 0.29) is 0 Å². The molecule has 0 saturated heterocycles. The molecule has 5 rings (SSSR count). The maximum absolute atomic E-state index is 6.21. The molecule has 0 bridgehead atoms. The largest absolute Gasteiger partial charge is 0.455 e. The molecular formula is C24H14N2O. The molecule has 0 amide bonds. The number of rotatable bonds is 1. The van der Waals surface area contributed by atoms with Crippen molar-refractivity contribution in [1.82, 2.24) is 9.97 Å². The van der Waals surface area contributed by atoms with E-state index in [1.165, 1.54) is 0 Å². The van der Waals surface area contributed by atoms with Crippen LogP contribution in [-0.2, 0) is 0 Å². The van der Waals surface area contributed by atoms with E-state index >= 15 is 0 Å². The second-order valence-corrected chi connectivity index (χ2v) is 6.15. The monoisotopic (exact) mass is 346 g/mol. The normalized spacial score (nSPS) is 10.7. The third-order valence-corrected chi connectivity index (χ3v) is 4.43. The van der Waals surface area contributed by atoms with Crippen molar-refractivity contribution in [2.45, 2.75) is 0 Å². The molecule has 0 spiro atoms. The summed E-state index contributed by atoms with van der Waals surface area (Å²) in [6, 6.07) is 23.8. The number of aromatic nitrogens is 2. The standard InChI is InChI=1S/C24H14N2O/c1-3-7-17(8-4-1)11-12-19-22-21(14-13-20-23(22)26-16-15-25-20)27-24(19)18-9-5-2-6-10-18/h1-10,13-16H. The predicted octanol–water partition coefficient (Wildman–Crippen LogP) is 5.44.